The molecule has 2 aromatic heterocycles. The van der Waals surface area contributed by atoms with Crippen molar-refractivity contribution in [3.8, 4) is 0 Å². The van der Waals surface area contributed by atoms with Gasteiger partial charge in [-0.2, -0.15) is 0 Å². The highest BCUT2D eigenvalue weighted by molar-refractivity contribution is 9.10. The molecule has 0 saturated heterocycles. The van der Waals surface area contributed by atoms with Gasteiger partial charge in [0.2, 0.25) is 0 Å². The molecule has 0 radical (unpaired) electrons. The molecule has 2 heterocycles. The van der Waals surface area contributed by atoms with Gasteiger partial charge in [0.05, 0.1) is 11.6 Å². The second-order valence-corrected chi connectivity index (χ2v) is 6.60. The summed E-state index contributed by atoms with van der Waals surface area (Å²) in [5, 5.41) is 3.09. The Labute approximate surface area is 129 Å². The van der Waals surface area contributed by atoms with Crippen LogP contribution in [0.15, 0.2) is 38.4 Å². The Bertz CT molecular complexity index is 717. The van der Waals surface area contributed by atoms with E-state index in [4.69, 9.17) is 16.0 Å². The summed E-state index contributed by atoms with van der Waals surface area (Å²) in [7, 11) is -2.10. The lowest BCUT2D eigenvalue weighted by atomic mass is 10.4. The van der Waals surface area contributed by atoms with Gasteiger partial charge in [-0.3, -0.25) is 4.72 Å². The van der Waals surface area contributed by atoms with Gasteiger partial charge in [-0.1, -0.05) is 11.6 Å². The molecule has 9 heteroatoms. The number of halogens is 2. The van der Waals surface area contributed by atoms with Crippen molar-refractivity contribution in [3.05, 3.63) is 39.8 Å². The van der Waals surface area contributed by atoms with Crippen molar-refractivity contribution in [2.24, 2.45) is 0 Å². The molecule has 0 aliphatic carbocycles. The van der Waals surface area contributed by atoms with Gasteiger partial charge in [0.1, 0.15) is 10.7 Å². The summed E-state index contributed by atoms with van der Waals surface area (Å²) in [5.41, 5.74) is 0. The number of anilines is 1. The summed E-state index contributed by atoms with van der Waals surface area (Å²) in [4.78, 5) is 3.87. The molecular formula is C11H11BrClN3O3S. The van der Waals surface area contributed by atoms with E-state index in [1.807, 2.05) is 0 Å². The van der Waals surface area contributed by atoms with Crippen LogP contribution in [0.25, 0.3) is 0 Å². The van der Waals surface area contributed by atoms with E-state index >= 15 is 0 Å². The summed E-state index contributed by atoms with van der Waals surface area (Å²) >= 11 is 8.97. The van der Waals surface area contributed by atoms with E-state index in [1.54, 1.807) is 19.2 Å². The predicted molar refractivity (Wildman–Crippen MR) is 79.2 cm³/mol. The highest BCUT2D eigenvalue weighted by Crippen LogP contribution is 2.29. The van der Waals surface area contributed by atoms with Gasteiger partial charge in [-0.15, -0.1) is 0 Å². The lowest BCUT2D eigenvalue weighted by molar-refractivity contribution is 0.470. The molecule has 0 aliphatic rings. The summed E-state index contributed by atoms with van der Waals surface area (Å²) in [6, 6.07) is 4.59. The molecule has 2 N–H and O–H groups in total. The third-order valence-electron chi connectivity index (χ3n) is 2.34. The van der Waals surface area contributed by atoms with E-state index in [0.717, 1.165) is 0 Å². The lowest BCUT2D eigenvalue weighted by Gasteiger charge is -2.06. The quantitative estimate of drug-likeness (QED) is 0.833. The third-order valence-corrected chi connectivity index (χ3v) is 4.84. The van der Waals surface area contributed by atoms with Gasteiger partial charge in [-0.25, -0.2) is 13.4 Å². The first-order valence-electron chi connectivity index (χ1n) is 5.50. The molecule has 0 spiro atoms. The first-order valence-corrected chi connectivity index (χ1v) is 8.15. The van der Waals surface area contributed by atoms with Crippen LogP contribution < -0.4 is 10.0 Å². The van der Waals surface area contributed by atoms with Crippen LogP contribution in [0.3, 0.4) is 0 Å². The highest BCUT2D eigenvalue weighted by Gasteiger charge is 2.23. The fourth-order valence-corrected chi connectivity index (χ4v) is 3.74. The van der Waals surface area contributed by atoms with Crippen molar-refractivity contribution in [1.82, 2.24) is 10.3 Å². The van der Waals surface area contributed by atoms with Crippen LogP contribution in [-0.4, -0.2) is 20.4 Å². The number of aromatic nitrogens is 1. The lowest BCUT2D eigenvalue weighted by Crippen LogP contribution is -2.14. The van der Waals surface area contributed by atoms with Gasteiger partial charge in [0.15, 0.2) is 10.5 Å². The van der Waals surface area contributed by atoms with Gasteiger partial charge < -0.3 is 9.73 Å². The predicted octanol–water partition coefficient (Wildman–Crippen LogP) is 2.61. The van der Waals surface area contributed by atoms with E-state index in [9.17, 15) is 8.42 Å². The Balaban J connectivity index is 2.33. The van der Waals surface area contributed by atoms with E-state index in [1.165, 1.54) is 12.3 Å². The molecular weight excluding hydrogens is 370 g/mol. The molecule has 0 aromatic carbocycles. The second-order valence-electron chi connectivity index (χ2n) is 3.82. The van der Waals surface area contributed by atoms with Crippen molar-refractivity contribution < 1.29 is 12.8 Å². The number of furan rings is 1. The molecule has 108 valence electrons. The van der Waals surface area contributed by atoms with Gasteiger partial charge in [-0.05, 0) is 35.1 Å². The fourth-order valence-electron chi connectivity index (χ4n) is 1.49. The number of nitrogens with zero attached hydrogens (tertiary/aromatic N) is 1. The Kier molecular flexibility index (Phi) is 4.69. The standard InChI is InChI=1S/C11H11BrClN3O3S/c1-14-6-7-5-9(10(12)19-7)20(17,18)16-11-8(13)3-2-4-15-11/h2-5,14H,6H2,1H3,(H,15,16). The van der Waals surface area contributed by atoms with Crippen molar-refractivity contribution >= 4 is 43.4 Å². The average molecular weight is 381 g/mol. The van der Waals surface area contributed by atoms with Crippen LogP contribution in [0.5, 0.6) is 0 Å². The van der Waals surface area contributed by atoms with Crippen LogP contribution in [0.2, 0.25) is 5.02 Å². The summed E-state index contributed by atoms with van der Waals surface area (Å²) < 4.78 is 32.3. The number of nitrogens with one attached hydrogen (secondary N) is 2. The molecule has 0 saturated carbocycles. The Hall–Kier alpha value is -1.09. The molecule has 0 unspecified atom stereocenters. The minimum absolute atomic E-state index is 0.00975. The zero-order valence-electron chi connectivity index (χ0n) is 10.4. The number of pyridine rings is 1. The van der Waals surface area contributed by atoms with Crippen LogP contribution in [0.1, 0.15) is 5.76 Å². The average Bonchev–Trinajstić information content (AvgIpc) is 2.74. The summed E-state index contributed by atoms with van der Waals surface area (Å²) in [5.74, 6) is 0.560. The van der Waals surface area contributed by atoms with E-state index in [0.29, 0.717) is 12.3 Å². The Morgan fingerprint density at radius 3 is 2.90 bits per heavy atom. The van der Waals surface area contributed by atoms with E-state index in [2.05, 4.69) is 31.0 Å². The number of hydrogen-bond acceptors (Lipinski definition) is 5. The maximum atomic E-state index is 12.3. The molecule has 20 heavy (non-hydrogen) atoms. The maximum absolute atomic E-state index is 12.3. The zero-order chi connectivity index (χ0) is 14.8. The van der Waals surface area contributed by atoms with Crippen molar-refractivity contribution in [1.29, 1.82) is 0 Å². The maximum Gasteiger partial charge on any atom is 0.267 e. The normalized spacial score (nSPS) is 11.6. The largest absolute Gasteiger partial charge is 0.451 e. The monoisotopic (exact) mass is 379 g/mol. The molecule has 0 amide bonds. The minimum atomic E-state index is -3.83. The fraction of sp³-hybridized carbons (Fsp3) is 0.182. The first kappa shape index (κ1) is 15.3. The van der Waals surface area contributed by atoms with Crippen LogP contribution in [-0.2, 0) is 16.6 Å². The number of sulfonamides is 1. The second kappa shape index (κ2) is 6.13. The van der Waals surface area contributed by atoms with Crippen molar-refractivity contribution in [3.63, 3.8) is 0 Å². The zero-order valence-corrected chi connectivity index (χ0v) is 13.5. The Morgan fingerprint density at radius 2 is 2.25 bits per heavy atom. The summed E-state index contributed by atoms with van der Waals surface area (Å²) in [6.45, 7) is 0.415. The SMILES string of the molecule is CNCc1cc(S(=O)(=O)Nc2ncccc2Cl)c(Br)o1. The van der Waals surface area contributed by atoms with Crippen LogP contribution in [0, 0.1) is 0 Å². The molecule has 2 rings (SSSR count). The molecule has 0 atom stereocenters. The van der Waals surface area contributed by atoms with Crippen molar-refractivity contribution in [2.75, 3.05) is 11.8 Å². The van der Waals surface area contributed by atoms with Crippen LogP contribution >= 0.6 is 27.5 Å². The molecule has 0 bridgehead atoms. The minimum Gasteiger partial charge on any atom is -0.451 e. The molecule has 6 nitrogen and oxygen atoms in total. The van der Waals surface area contributed by atoms with Gasteiger partial charge >= 0.3 is 0 Å². The summed E-state index contributed by atoms with van der Waals surface area (Å²) in [6.07, 6.45) is 1.45. The number of rotatable bonds is 5. The number of hydrogen-bond donors (Lipinski definition) is 2. The Morgan fingerprint density at radius 1 is 1.50 bits per heavy atom. The van der Waals surface area contributed by atoms with Crippen molar-refractivity contribution in [2.45, 2.75) is 11.4 Å². The topological polar surface area (TPSA) is 84.2 Å². The van der Waals surface area contributed by atoms with E-state index in [-0.39, 0.29) is 20.4 Å². The molecule has 0 fully saturated rings. The molecule has 2 aromatic rings. The third kappa shape index (κ3) is 3.32. The molecule has 0 aliphatic heterocycles. The van der Waals surface area contributed by atoms with Crippen LogP contribution in [0.4, 0.5) is 5.82 Å². The van der Waals surface area contributed by atoms with Gasteiger partial charge in [0, 0.05) is 12.3 Å². The smallest absolute Gasteiger partial charge is 0.267 e. The van der Waals surface area contributed by atoms with Gasteiger partial charge in [0.25, 0.3) is 10.0 Å². The van der Waals surface area contributed by atoms with E-state index < -0.39 is 10.0 Å². The highest BCUT2D eigenvalue weighted by atomic mass is 79.9. The first-order chi connectivity index (χ1) is 9.44.